The lowest BCUT2D eigenvalue weighted by molar-refractivity contribution is 0.192. The van der Waals surface area contributed by atoms with E-state index >= 15 is 0 Å². The molecule has 0 amide bonds. The van der Waals surface area contributed by atoms with Crippen molar-refractivity contribution >= 4 is 5.82 Å². The van der Waals surface area contributed by atoms with Gasteiger partial charge in [-0.1, -0.05) is 0 Å². The van der Waals surface area contributed by atoms with Gasteiger partial charge >= 0.3 is 0 Å². The smallest absolute Gasteiger partial charge is 0.218 e. The van der Waals surface area contributed by atoms with E-state index in [9.17, 15) is 0 Å². The summed E-state index contributed by atoms with van der Waals surface area (Å²) in [5.41, 5.74) is 0. The van der Waals surface area contributed by atoms with Crippen LogP contribution in [0.25, 0.3) is 0 Å². The van der Waals surface area contributed by atoms with Gasteiger partial charge in [0, 0.05) is 26.3 Å². The van der Waals surface area contributed by atoms with Crippen molar-refractivity contribution in [1.29, 1.82) is 0 Å². The predicted octanol–water partition coefficient (Wildman–Crippen LogP) is 2.02. The van der Waals surface area contributed by atoms with Crippen molar-refractivity contribution in [2.24, 2.45) is 0 Å². The number of aromatic nitrogens is 2. The fourth-order valence-corrected chi connectivity index (χ4v) is 1.50. The average molecular weight is 239 g/mol. The highest BCUT2D eigenvalue weighted by molar-refractivity contribution is 5.38. The first-order valence-corrected chi connectivity index (χ1v) is 5.88. The van der Waals surface area contributed by atoms with E-state index in [0.717, 1.165) is 38.2 Å². The fraction of sp³-hybridized carbons (Fsp3) is 0.667. The minimum atomic E-state index is 0.597. The lowest BCUT2D eigenvalue weighted by Gasteiger charge is -2.07. The molecule has 1 N–H and O–H groups in total. The van der Waals surface area contributed by atoms with Crippen molar-refractivity contribution in [2.75, 3.05) is 32.7 Å². The maximum atomic E-state index is 5.09. The molecule has 96 valence electrons. The summed E-state index contributed by atoms with van der Waals surface area (Å²) in [7, 11) is 3.34. The first-order valence-electron chi connectivity index (χ1n) is 5.88. The number of hydrogen-bond donors (Lipinski definition) is 1. The lowest BCUT2D eigenvalue weighted by atomic mass is 10.2. The number of ether oxygens (including phenoxy) is 2. The third-order valence-electron chi connectivity index (χ3n) is 2.35. The summed E-state index contributed by atoms with van der Waals surface area (Å²) in [5, 5.41) is 3.27. The number of nitrogens with one attached hydrogen (secondary N) is 1. The van der Waals surface area contributed by atoms with Gasteiger partial charge in [-0.15, -0.1) is 0 Å². The molecular formula is C12H21N3O2. The number of rotatable bonds is 8. The van der Waals surface area contributed by atoms with Gasteiger partial charge in [0.2, 0.25) is 5.88 Å². The second kappa shape index (κ2) is 7.84. The summed E-state index contributed by atoms with van der Waals surface area (Å²) in [6.07, 6.45) is 3.36. The molecule has 0 bridgehead atoms. The van der Waals surface area contributed by atoms with Gasteiger partial charge in [0.1, 0.15) is 11.6 Å². The molecule has 0 spiro atoms. The Morgan fingerprint density at radius 3 is 2.71 bits per heavy atom. The van der Waals surface area contributed by atoms with Crippen LogP contribution in [0.2, 0.25) is 0 Å². The van der Waals surface area contributed by atoms with E-state index in [1.54, 1.807) is 14.2 Å². The first kappa shape index (κ1) is 13.7. The first-order chi connectivity index (χ1) is 8.26. The molecule has 1 aromatic rings. The maximum absolute atomic E-state index is 5.09. The van der Waals surface area contributed by atoms with Gasteiger partial charge in [0.05, 0.1) is 7.11 Å². The summed E-state index contributed by atoms with van der Waals surface area (Å²) >= 11 is 0. The van der Waals surface area contributed by atoms with Crippen molar-refractivity contribution in [3.63, 3.8) is 0 Å². The van der Waals surface area contributed by atoms with Gasteiger partial charge < -0.3 is 14.8 Å². The van der Waals surface area contributed by atoms with E-state index in [2.05, 4.69) is 15.3 Å². The monoisotopic (exact) mass is 239 g/mol. The maximum Gasteiger partial charge on any atom is 0.218 e. The highest BCUT2D eigenvalue weighted by atomic mass is 16.5. The zero-order valence-corrected chi connectivity index (χ0v) is 10.8. The molecule has 0 unspecified atom stereocenters. The highest BCUT2D eigenvalue weighted by Gasteiger charge is 2.00. The number of hydrogen-bond acceptors (Lipinski definition) is 5. The molecule has 0 radical (unpaired) electrons. The van der Waals surface area contributed by atoms with Gasteiger partial charge in [-0.2, -0.15) is 4.98 Å². The number of anilines is 1. The van der Waals surface area contributed by atoms with Gasteiger partial charge in [-0.25, -0.2) is 4.98 Å². The molecule has 17 heavy (non-hydrogen) atoms. The molecule has 0 aliphatic heterocycles. The zero-order valence-electron chi connectivity index (χ0n) is 10.8. The molecule has 0 aliphatic rings. The fourth-order valence-electron chi connectivity index (χ4n) is 1.50. The lowest BCUT2D eigenvalue weighted by Crippen LogP contribution is -2.06. The molecule has 0 aromatic carbocycles. The number of methoxy groups -OCH3 is 2. The Bertz CT molecular complexity index is 332. The van der Waals surface area contributed by atoms with E-state index < -0.39 is 0 Å². The van der Waals surface area contributed by atoms with E-state index in [1.807, 2.05) is 13.0 Å². The normalized spacial score (nSPS) is 10.3. The average Bonchev–Trinajstić information content (AvgIpc) is 2.33. The Morgan fingerprint density at radius 2 is 2.00 bits per heavy atom. The van der Waals surface area contributed by atoms with Crippen molar-refractivity contribution in [3.8, 4) is 5.88 Å². The molecule has 1 heterocycles. The van der Waals surface area contributed by atoms with Gasteiger partial charge in [-0.3, -0.25) is 0 Å². The van der Waals surface area contributed by atoms with Crippen LogP contribution < -0.4 is 10.1 Å². The van der Waals surface area contributed by atoms with E-state index in [0.29, 0.717) is 11.7 Å². The molecule has 0 saturated heterocycles. The topological polar surface area (TPSA) is 56.3 Å². The van der Waals surface area contributed by atoms with Crippen LogP contribution in [-0.4, -0.2) is 37.3 Å². The van der Waals surface area contributed by atoms with Crippen LogP contribution in [0.15, 0.2) is 6.07 Å². The largest absolute Gasteiger partial charge is 0.481 e. The molecule has 0 fully saturated rings. The quantitative estimate of drug-likeness (QED) is 0.703. The Morgan fingerprint density at radius 1 is 1.18 bits per heavy atom. The van der Waals surface area contributed by atoms with E-state index in [-0.39, 0.29) is 0 Å². The summed E-state index contributed by atoms with van der Waals surface area (Å²) in [6.45, 7) is 3.59. The van der Waals surface area contributed by atoms with Crippen molar-refractivity contribution < 1.29 is 9.47 Å². The van der Waals surface area contributed by atoms with Crippen LogP contribution >= 0.6 is 0 Å². The van der Waals surface area contributed by atoms with Crippen LogP contribution in [0, 0.1) is 6.92 Å². The van der Waals surface area contributed by atoms with Crippen LogP contribution in [0.5, 0.6) is 5.88 Å². The van der Waals surface area contributed by atoms with Crippen molar-refractivity contribution in [1.82, 2.24) is 9.97 Å². The summed E-state index contributed by atoms with van der Waals surface area (Å²) < 4.78 is 10.1. The summed E-state index contributed by atoms with van der Waals surface area (Å²) in [6, 6.07) is 1.81. The number of nitrogens with zero attached hydrogens (tertiary/aromatic N) is 2. The second-order valence-electron chi connectivity index (χ2n) is 3.82. The Balaban J connectivity index is 2.28. The van der Waals surface area contributed by atoms with E-state index in [1.165, 1.54) is 0 Å². The van der Waals surface area contributed by atoms with Crippen molar-refractivity contribution in [2.45, 2.75) is 26.2 Å². The molecule has 0 atom stereocenters. The van der Waals surface area contributed by atoms with Gasteiger partial charge in [0.25, 0.3) is 0 Å². The van der Waals surface area contributed by atoms with Gasteiger partial charge in [0.15, 0.2) is 0 Å². The SMILES string of the molecule is COCCCCCNc1cc(OC)nc(C)n1. The Kier molecular flexibility index (Phi) is 6.32. The van der Waals surface area contributed by atoms with Crippen molar-refractivity contribution in [3.05, 3.63) is 11.9 Å². The highest BCUT2D eigenvalue weighted by Crippen LogP contribution is 2.12. The summed E-state index contributed by atoms with van der Waals surface area (Å²) in [5.74, 6) is 2.13. The molecule has 0 aliphatic carbocycles. The van der Waals surface area contributed by atoms with Crippen LogP contribution in [0.4, 0.5) is 5.82 Å². The minimum absolute atomic E-state index is 0.597. The molecule has 0 saturated carbocycles. The van der Waals surface area contributed by atoms with Crippen LogP contribution in [-0.2, 0) is 4.74 Å². The van der Waals surface area contributed by atoms with E-state index in [4.69, 9.17) is 9.47 Å². The van der Waals surface area contributed by atoms with Gasteiger partial charge in [-0.05, 0) is 26.2 Å². The molecular weight excluding hydrogens is 218 g/mol. The molecule has 5 nitrogen and oxygen atoms in total. The third-order valence-corrected chi connectivity index (χ3v) is 2.35. The molecule has 1 rings (SSSR count). The molecule has 1 aromatic heterocycles. The van der Waals surface area contributed by atoms with Crippen LogP contribution in [0.3, 0.4) is 0 Å². The Hall–Kier alpha value is -1.36. The molecule has 5 heteroatoms. The number of unbranched alkanes of at least 4 members (excludes halogenated alkanes) is 2. The minimum Gasteiger partial charge on any atom is -0.481 e. The third kappa shape index (κ3) is 5.49. The van der Waals surface area contributed by atoms with Crippen LogP contribution in [0.1, 0.15) is 25.1 Å². The predicted molar refractivity (Wildman–Crippen MR) is 67.5 cm³/mol. The zero-order chi connectivity index (χ0) is 12.5. The second-order valence-corrected chi connectivity index (χ2v) is 3.82. The standard InChI is InChI=1S/C12H21N3O2/c1-10-14-11(9-12(15-10)17-3)13-7-5-4-6-8-16-2/h9H,4-8H2,1-3H3,(H,13,14,15). The number of aryl methyl sites for hydroxylation is 1. The Labute approximate surface area is 103 Å². The summed E-state index contributed by atoms with van der Waals surface area (Å²) in [4.78, 5) is 8.42.